The highest BCUT2D eigenvalue weighted by molar-refractivity contribution is 6.41. The normalized spacial score (nSPS) is 13.5. The SMILES string of the molecule is CCOC(=O)C(=O)c1cccc2c1COCO2. The van der Waals surface area contributed by atoms with Crippen LogP contribution < -0.4 is 4.74 Å². The van der Waals surface area contributed by atoms with Crippen molar-refractivity contribution in [1.82, 2.24) is 0 Å². The van der Waals surface area contributed by atoms with Crippen LogP contribution in [-0.2, 0) is 20.9 Å². The van der Waals surface area contributed by atoms with Crippen LogP contribution in [-0.4, -0.2) is 25.2 Å². The number of benzene rings is 1. The van der Waals surface area contributed by atoms with E-state index >= 15 is 0 Å². The van der Waals surface area contributed by atoms with E-state index in [0.29, 0.717) is 11.3 Å². The lowest BCUT2D eigenvalue weighted by atomic mass is 10.0. The van der Waals surface area contributed by atoms with E-state index < -0.39 is 11.8 Å². The van der Waals surface area contributed by atoms with E-state index in [0.717, 1.165) is 0 Å². The van der Waals surface area contributed by atoms with Crippen LogP contribution in [0.2, 0.25) is 0 Å². The first-order chi connectivity index (χ1) is 8.24. The second kappa shape index (κ2) is 4.97. The molecule has 0 fully saturated rings. The summed E-state index contributed by atoms with van der Waals surface area (Å²) in [5.74, 6) is -0.948. The number of ketones is 1. The van der Waals surface area contributed by atoms with E-state index in [-0.39, 0.29) is 25.6 Å². The zero-order valence-corrected chi connectivity index (χ0v) is 9.39. The number of carbonyl (C=O) groups excluding carboxylic acids is 2. The summed E-state index contributed by atoms with van der Waals surface area (Å²) < 4.78 is 15.0. The van der Waals surface area contributed by atoms with Crippen molar-refractivity contribution in [2.75, 3.05) is 13.4 Å². The fourth-order valence-corrected chi connectivity index (χ4v) is 1.62. The van der Waals surface area contributed by atoms with Crippen molar-refractivity contribution in [3.8, 4) is 5.75 Å². The summed E-state index contributed by atoms with van der Waals surface area (Å²) in [7, 11) is 0. The number of fused-ring (bicyclic) bond motifs is 1. The Morgan fingerprint density at radius 1 is 1.41 bits per heavy atom. The molecular formula is C12H12O5. The van der Waals surface area contributed by atoms with Gasteiger partial charge in [0.25, 0.3) is 5.78 Å². The fourth-order valence-electron chi connectivity index (χ4n) is 1.62. The van der Waals surface area contributed by atoms with Crippen molar-refractivity contribution < 1.29 is 23.8 Å². The van der Waals surface area contributed by atoms with Gasteiger partial charge in [-0.15, -0.1) is 0 Å². The van der Waals surface area contributed by atoms with Gasteiger partial charge in [0.2, 0.25) is 0 Å². The number of hydrogen-bond acceptors (Lipinski definition) is 5. The predicted octanol–water partition coefficient (Wildman–Crippen LogP) is 1.30. The maximum atomic E-state index is 11.8. The first-order valence-electron chi connectivity index (χ1n) is 5.28. The highest BCUT2D eigenvalue weighted by Gasteiger charge is 2.24. The van der Waals surface area contributed by atoms with Gasteiger partial charge in [0.1, 0.15) is 5.75 Å². The molecule has 90 valence electrons. The molecule has 0 N–H and O–H groups in total. The minimum absolute atomic E-state index is 0.157. The largest absolute Gasteiger partial charge is 0.467 e. The van der Waals surface area contributed by atoms with E-state index in [1.165, 1.54) is 0 Å². The number of hydrogen-bond donors (Lipinski definition) is 0. The molecule has 0 saturated carbocycles. The lowest BCUT2D eigenvalue weighted by molar-refractivity contribution is -0.137. The molecule has 5 heteroatoms. The number of ether oxygens (including phenoxy) is 3. The average molecular weight is 236 g/mol. The Kier molecular flexibility index (Phi) is 3.39. The van der Waals surface area contributed by atoms with E-state index in [1.54, 1.807) is 25.1 Å². The predicted molar refractivity (Wildman–Crippen MR) is 57.7 cm³/mol. The van der Waals surface area contributed by atoms with Crippen LogP contribution in [0, 0.1) is 0 Å². The van der Waals surface area contributed by atoms with E-state index in [4.69, 9.17) is 9.47 Å². The second-order valence-corrected chi connectivity index (χ2v) is 3.44. The molecule has 17 heavy (non-hydrogen) atoms. The summed E-state index contributed by atoms with van der Waals surface area (Å²) >= 11 is 0. The third-order valence-corrected chi connectivity index (χ3v) is 2.38. The molecule has 1 heterocycles. The first-order valence-corrected chi connectivity index (χ1v) is 5.28. The van der Waals surface area contributed by atoms with Gasteiger partial charge in [-0.05, 0) is 13.0 Å². The molecule has 2 rings (SSSR count). The van der Waals surface area contributed by atoms with Crippen LogP contribution in [0.3, 0.4) is 0 Å². The van der Waals surface area contributed by atoms with Gasteiger partial charge in [-0.2, -0.15) is 0 Å². The third kappa shape index (κ3) is 2.29. The van der Waals surface area contributed by atoms with Crippen LogP contribution >= 0.6 is 0 Å². The Morgan fingerprint density at radius 2 is 2.24 bits per heavy atom. The van der Waals surface area contributed by atoms with Gasteiger partial charge in [-0.1, -0.05) is 12.1 Å². The topological polar surface area (TPSA) is 61.8 Å². The van der Waals surface area contributed by atoms with Crippen molar-refractivity contribution in [3.05, 3.63) is 29.3 Å². The first kappa shape index (κ1) is 11.6. The number of esters is 1. The van der Waals surface area contributed by atoms with Crippen LogP contribution in [0.25, 0.3) is 0 Å². The van der Waals surface area contributed by atoms with Crippen LogP contribution in [0.15, 0.2) is 18.2 Å². The monoisotopic (exact) mass is 236 g/mol. The molecule has 1 aliphatic heterocycles. The molecular weight excluding hydrogens is 224 g/mol. The Balaban J connectivity index is 2.32. The average Bonchev–Trinajstić information content (AvgIpc) is 2.37. The molecule has 1 aromatic rings. The van der Waals surface area contributed by atoms with Crippen molar-refractivity contribution in [2.24, 2.45) is 0 Å². The molecule has 0 radical (unpaired) electrons. The summed E-state index contributed by atoms with van der Waals surface area (Å²) in [5.41, 5.74) is 0.873. The fraction of sp³-hybridized carbons (Fsp3) is 0.333. The molecule has 1 aliphatic rings. The van der Waals surface area contributed by atoms with E-state index in [9.17, 15) is 9.59 Å². The minimum Gasteiger partial charge on any atom is -0.467 e. The van der Waals surface area contributed by atoms with Gasteiger partial charge in [0, 0.05) is 11.1 Å². The smallest absolute Gasteiger partial charge is 0.379 e. The summed E-state index contributed by atoms with van der Waals surface area (Å²) in [6.07, 6.45) is 0. The van der Waals surface area contributed by atoms with E-state index in [1.807, 2.05) is 0 Å². The van der Waals surface area contributed by atoms with Gasteiger partial charge < -0.3 is 14.2 Å². The molecule has 0 spiro atoms. The highest BCUT2D eigenvalue weighted by atomic mass is 16.7. The van der Waals surface area contributed by atoms with Crippen molar-refractivity contribution in [1.29, 1.82) is 0 Å². The van der Waals surface area contributed by atoms with Crippen LogP contribution in [0.5, 0.6) is 5.75 Å². The highest BCUT2D eigenvalue weighted by Crippen LogP contribution is 2.27. The summed E-state index contributed by atoms with van der Waals surface area (Å²) in [6, 6.07) is 4.96. The Hall–Kier alpha value is -1.88. The Morgan fingerprint density at radius 3 is 3.00 bits per heavy atom. The second-order valence-electron chi connectivity index (χ2n) is 3.44. The molecule has 5 nitrogen and oxygen atoms in total. The maximum Gasteiger partial charge on any atom is 0.379 e. The molecule has 0 bridgehead atoms. The van der Waals surface area contributed by atoms with Gasteiger partial charge in [-0.25, -0.2) is 4.79 Å². The minimum atomic E-state index is -0.855. The summed E-state index contributed by atoms with van der Waals surface area (Å²) in [5, 5.41) is 0. The van der Waals surface area contributed by atoms with Gasteiger partial charge in [0.05, 0.1) is 13.2 Å². The van der Waals surface area contributed by atoms with Gasteiger partial charge in [-0.3, -0.25) is 4.79 Å². The molecule has 0 saturated heterocycles. The zero-order valence-electron chi connectivity index (χ0n) is 9.39. The standard InChI is InChI=1S/C12H12O5/c1-2-16-12(14)11(13)8-4-3-5-10-9(8)6-15-7-17-10/h3-5H,2,6-7H2,1H3. The lowest BCUT2D eigenvalue weighted by Gasteiger charge is -2.19. The number of carbonyl (C=O) groups is 2. The molecule has 0 aromatic heterocycles. The molecule has 0 amide bonds. The molecule has 0 atom stereocenters. The molecule has 1 aromatic carbocycles. The van der Waals surface area contributed by atoms with Crippen LogP contribution in [0.4, 0.5) is 0 Å². The molecule has 0 aliphatic carbocycles. The number of rotatable bonds is 3. The maximum absolute atomic E-state index is 11.8. The summed E-state index contributed by atoms with van der Waals surface area (Å²) in [6.45, 7) is 2.24. The van der Waals surface area contributed by atoms with Crippen molar-refractivity contribution in [2.45, 2.75) is 13.5 Å². The van der Waals surface area contributed by atoms with Gasteiger partial charge in [0.15, 0.2) is 6.79 Å². The van der Waals surface area contributed by atoms with Crippen molar-refractivity contribution in [3.63, 3.8) is 0 Å². The lowest BCUT2D eigenvalue weighted by Crippen LogP contribution is -2.21. The molecule has 0 unspecified atom stereocenters. The quantitative estimate of drug-likeness (QED) is 0.449. The zero-order chi connectivity index (χ0) is 12.3. The third-order valence-electron chi connectivity index (χ3n) is 2.38. The Bertz CT molecular complexity index is 452. The van der Waals surface area contributed by atoms with E-state index in [2.05, 4.69) is 4.74 Å². The summed E-state index contributed by atoms with van der Waals surface area (Å²) in [4.78, 5) is 23.2. The van der Waals surface area contributed by atoms with Gasteiger partial charge >= 0.3 is 5.97 Å². The Labute approximate surface area is 98.3 Å². The van der Waals surface area contributed by atoms with Crippen LogP contribution in [0.1, 0.15) is 22.8 Å². The van der Waals surface area contributed by atoms with Crippen molar-refractivity contribution >= 4 is 11.8 Å². The number of Topliss-reactive ketones (excluding diaryl/α,β-unsaturated/α-hetero) is 1.